The van der Waals surface area contributed by atoms with E-state index in [2.05, 4.69) is 95.3 Å². The third-order valence-electron chi connectivity index (χ3n) is 14.2. The van der Waals surface area contributed by atoms with Gasteiger partial charge in [-0.15, -0.1) is 0 Å². The number of imidazole rings is 4. The zero-order chi connectivity index (χ0) is 52.5. The zero-order valence-corrected chi connectivity index (χ0v) is 42.8. The van der Waals surface area contributed by atoms with Crippen molar-refractivity contribution in [1.82, 2.24) is 39.0 Å². The molecule has 0 radical (unpaired) electrons. The molecule has 12 rings (SSSR count). The number of carbonyl (C=O) groups is 2. The first-order valence-corrected chi connectivity index (χ1v) is 25.8. The third-order valence-corrected chi connectivity index (χ3v) is 14.2. The number of hydrogen-bond donors (Lipinski definition) is 4. The summed E-state index contributed by atoms with van der Waals surface area (Å²) in [5, 5.41) is 19.2. The van der Waals surface area contributed by atoms with Crippen LogP contribution in [0.5, 0.6) is 0 Å². The highest BCUT2D eigenvalue weighted by molar-refractivity contribution is 5.97. The van der Waals surface area contributed by atoms with E-state index in [-0.39, 0.29) is 0 Å². The van der Waals surface area contributed by atoms with Gasteiger partial charge in [0, 0.05) is 37.1 Å². The topological polar surface area (TPSA) is 168 Å². The molecule has 12 heteroatoms. The Morgan fingerprint density at radius 3 is 1.34 bits per heavy atom. The molecule has 0 aliphatic carbocycles. The Balaban J connectivity index is 0.000000162. The molecule has 8 aromatic carbocycles. The van der Waals surface area contributed by atoms with E-state index in [4.69, 9.17) is 19.9 Å². The number of aromatic amines is 2. The summed E-state index contributed by atoms with van der Waals surface area (Å²) in [6.45, 7) is 9.89. The molecule has 4 heterocycles. The summed E-state index contributed by atoms with van der Waals surface area (Å²) >= 11 is 0. The summed E-state index contributed by atoms with van der Waals surface area (Å²) in [5.74, 6) is 1.96. The fourth-order valence-corrected chi connectivity index (χ4v) is 10.3. The van der Waals surface area contributed by atoms with E-state index in [0.717, 1.165) is 149 Å². The number of rotatable bonds is 14. The molecule has 0 aliphatic rings. The highest BCUT2D eigenvalue weighted by Gasteiger charge is 2.19. The smallest absolute Gasteiger partial charge is 0.336 e. The van der Waals surface area contributed by atoms with Crippen molar-refractivity contribution < 1.29 is 19.8 Å². The van der Waals surface area contributed by atoms with Gasteiger partial charge in [0.2, 0.25) is 0 Å². The van der Waals surface area contributed by atoms with Crippen LogP contribution in [0.15, 0.2) is 170 Å². The maximum Gasteiger partial charge on any atom is 0.336 e. The van der Waals surface area contributed by atoms with Crippen molar-refractivity contribution in [2.24, 2.45) is 0 Å². The third kappa shape index (κ3) is 9.64. The lowest BCUT2D eigenvalue weighted by Crippen LogP contribution is -2.06. The van der Waals surface area contributed by atoms with Crippen molar-refractivity contribution in [3.05, 3.63) is 215 Å². The Morgan fingerprint density at radius 1 is 0.487 bits per heavy atom. The van der Waals surface area contributed by atoms with Crippen LogP contribution in [0.1, 0.15) is 81.3 Å². The van der Waals surface area contributed by atoms with Gasteiger partial charge in [0.05, 0.1) is 55.3 Å². The van der Waals surface area contributed by atoms with Gasteiger partial charge in [0.15, 0.2) is 0 Å². The summed E-state index contributed by atoms with van der Waals surface area (Å²) < 4.78 is 4.60. The molecule has 0 fully saturated rings. The molecule has 0 saturated heterocycles. The molecule has 4 N–H and O–H groups in total. The Bertz CT molecular complexity index is 4060. The summed E-state index contributed by atoms with van der Waals surface area (Å²) in [4.78, 5) is 50.0. The molecule has 0 saturated carbocycles. The lowest BCUT2D eigenvalue weighted by Gasteiger charge is -2.12. The van der Waals surface area contributed by atoms with Crippen molar-refractivity contribution in [3.63, 3.8) is 0 Å². The second-order valence-electron chi connectivity index (χ2n) is 19.3. The Morgan fingerprint density at radius 2 is 0.908 bits per heavy atom. The van der Waals surface area contributed by atoms with Crippen LogP contribution in [0, 0.1) is 13.8 Å². The minimum absolute atomic E-state index is 0.303. The Hall–Kier alpha value is -9.42. The molecule has 0 bridgehead atoms. The molecular weight excluding hydrogens is 945 g/mol. The van der Waals surface area contributed by atoms with Crippen LogP contribution >= 0.6 is 0 Å². The molecular formula is C64H56N8O4. The Kier molecular flexibility index (Phi) is 13.4. The monoisotopic (exact) mass is 1000 g/mol. The van der Waals surface area contributed by atoms with Crippen LogP contribution in [0.2, 0.25) is 0 Å². The number of nitrogens with zero attached hydrogens (tertiary/aromatic N) is 6. The van der Waals surface area contributed by atoms with Gasteiger partial charge in [-0.3, -0.25) is 0 Å². The molecule has 4 aromatic heterocycles. The second kappa shape index (κ2) is 20.8. The van der Waals surface area contributed by atoms with Crippen LogP contribution in [-0.4, -0.2) is 61.2 Å². The van der Waals surface area contributed by atoms with Crippen LogP contribution in [0.25, 0.3) is 89.2 Å². The molecule has 376 valence electrons. The lowest BCUT2D eigenvalue weighted by molar-refractivity contribution is 0.0687. The molecule has 76 heavy (non-hydrogen) atoms. The fourth-order valence-electron chi connectivity index (χ4n) is 10.3. The largest absolute Gasteiger partial charge is 0.478 e. The predicted molar refractivity (Wildman–Crippen MR) is 303 cm³/mol. The average molecular weight is 1000 g/mol. The number of carboxylic acid groups (broad SMARTS) is 2. The van der Waals surface area contributed by atoms with E-state index in [1.807, 2.05) is 97.1 Å². The normalized spacial score (nSPS) is 11.4. The number of carboxylic acids is 2. The molecule has 12 aromatic rings. The molecule has 12 nitrogen and oxygen atoms in total. The number of benzene rings is 8. The Labute approximate surface area is 439 Å². The summed E-state index contributed by atoms with van der Waals surface area (Å²) in [5.41, 5.74) is 18.5. The second-order valence-corrected chi connectivity index (χ2v) is 19.3. The minimum Gasteiger partial charge on any atom is -0.478 e. The van der Waals surface area contributed by atoms with Gasteiger partial charge in [0.1, 0.15) is 23.3 Å². The van der Waals surface area contributed by atoms with Gasteiger partial charge in [-0.05, 0) is 125 Å². The van der Waals surface area contributed by atoms with Crippen LogP contribution in [0.4, 0.5) is 0 Å². The summed E-state index contributed by atoms with van der Waals surface area (Å²) in [7, 11) is 0. The van der Waals surface area contributed by atoms with Crippen molar-refractivity contribution in [2.45, 2.75) is 66.5 Å². The zero-order valence-electron chi connectivity index (χ0n) is 42.8. The van der Waals surface area contributed by atoms with E-state index >= 15 is 0 Å². The number of unbranched alkanes of at least 4 members (excludes halogenated alkanes) is 1. The van der Waals surface area contributed by atoms with Gasteiger partial charge in [0.25, 0.3) is 0 Å². The van der Waals surface area contributed by atoms with Gasteiger partial charge in [-0.1, -0.05) is 129 Å². The van der Waals surface area contributed by atoms with Crippen LogP contribution in [-0.2, 0) is 25.9 Å². The fraction of sp³-hybridized carbons (Fsp3) is 0.156. The highest BCUT2D eigenvalue weighted by atomic mass is 16.4. The lowest BCUT2D eigenvalue weighted by atomic mass is 9.98. The molecule has 0 unspecified atom stereocenters. The summed E-state index contributed by atoms with van der Waals surface area (Å²) in [6, 6.07) is 55.3. The first-order chi connectivity index (χ1) is 37.0. The maximum absolute atomic E-state index is 11.7. The number of aromatic nitrogens is 8. The van der Waals surface area contributed by atoms with Crippen LogP contribution in [0.3, 0.4) is 0 Å². The molecule has 0 aliphatic heterocycles. The average Bonchev–Trinajstić information content (AvgIpc) is 4.30. The van der Waals surface area contributed by atoms with E-state index in [0.29, 0.717) is 24.2 Å². The number of aromatic carboxylic acids is 2. The van der Waals surface area contributed by atoms with Crippen molar-refractivity contribution in [3.8, 4) is 45.0 Å². The molecule has 0 spiro atoms. The minimum atomic E-state index is -0.923. The van der Waals surface area contributed by atoms with Crippen molar-refractivity contribution in [1.29, 1.82) is 0 Å². The van der Waals surface area contributed by atoms with Gasteiger partial charge in [-0.25, -0.2) is 29.5 Å². The number of nitrogens with one attached hydrogen (secondary N) is 2. The van der Waals surface area contributed by atoms with E-state index < -0.39 is 11.9 Å². The number of hydrogen-bond acceptors (Lipinski definition) is 6. The first kappa shape index (κ1) is 48.8. The van der Waals surface area contributed by atoms with E-state index in [1.54, 1.807) is 24.3 Å². The summed E-state index contributed by atoms with van der Waals surface area (Å²) in [6.07, 6.45) is 3.90. The van der Waals surface area contributed by atoms with Gasteiger partial charge >= 0.3 is 11.9 Å². The van der Waals surface area contributed by atoms with Crippen molar-refractivity contribution >= 4 is 56.1 Å². The predicted octanol–water partition coefficient (Wildman–Crippen LogP) is 14.5. The standard InChI is InChI=1S/C33H30N4O2.C31H26N4O2/c1-3-4-13-30-36-31-21(2)18-24(32-34-27-11-7-8-12-28(27)35-32)19-29(31)37(30)20-22-14-16-23(17-15-22)25-9-5-6-10-26(25)33(38)39;1-3-28-34-29-19(2)16-22(30-32-25-10-6-7-11-26(25)33-30)17-27(29)35(28)18-20-12-14-21(15-13-20)23-8-4-5-9-24(23)31(36)37/h5-12,14-19H,3-4,13,20H2,1-2H3,(H,34,35)(H,38,39);4-17H,3,18H2,1-2H3,(H,32,33)(H,36,37). The quantitative estimate of drug-likeness (QED) is 0.0835. The number of aryl methyl sites for hydroxylation is 4. The van der Waals surface area contributed by atoms with Crippen molar-refractivity contribution in [2.75, 3.05) is 0 Å². The molecule has 0 amide bonds. The number of H-pyrrole nitrogens is 2. The number of para-hydroxylation sites is 4. The highest BCUT2D eigenvalue weighted by Crippen LogP contribution is 2.33. The van der Waals surface area contributed by atoms with Gasteiger partial charge < -0.3 is 29.3 Å². The maximum atomic E-state index is 11.7. The van der Waals surface area contributed by atoms with E-state index in [9.17, 15) is 19.8 Å². The van der Waals surface area contributed by atoms with E-state index in [1.165, 1.54) is 0 Å². The first-order valence-electron chi connectivity index (χ1n) is 25.8. The number of fused-ring (bicyclic) bond motifs is 4. The van der Waals surface area contributed by atoms with Crippen LogP contribution < -0.4 is 0 Å². The molecule has 0 atom stereocenters. The van der Waals surface area contributed by atoms with Gasteiger partial charge in [-0.2, -0.15) is 0 Å². The SMILES string of the molecule is CCCCc1nc2c(C)cc(-c3nc4ccccc4[nH]3)cc2n1Cc1ccc(-c2ccccc2C(=O)O)cc1.CCc1nc2c(C)cc(-c3nc4ccccc4[nH]3)cc2n1Cc1ccc(-c2ccccc2C(=O)O)cc1.